The van der Waals surface area contributed by atoms with E-state index in [1.54, 1.807) is 0 Å². The minimum Gasteiger partial charge on any atom is -0.508 e. The van der Waals surface area contributed by atoms with Crippen molar-refractivity contribution in [3.8, 4) is 5.75 Å². The molecule has 0 heterocycles. The fourth-order valence-electron chi connectivity index (χ4n) is 1.41. The lowest BCUT2D eigenvalue weighted by atomic mass is 10.00. The summed E-state index contributed by atoms with van der Waals surface area (Å²) in [5.41, 5.74) is 2.21. The molecule has 78 valence electrons. The number of aromatic hydroxyl groups is 1. The molecule has 0 aliphatic heterocycles. The van der Waals surface area contributed by atoms with Gasteiger partial charge in [0.15, 0.2) is 0 Å². The zero-order valence-electron chi connectivity index (χ0n) is 9.17. The molecule has 0 unspecified atom stereocenters. The van der Waals surface area contributed by atoms with E-state index in [4.69, 9.17) is 0 Å². The molecule has 0 aromatic heterocycles. The summed E-state index contributed by atoms with van der Waals surface area (Å²) < 4.78 is 0. The van der Waals surface area contributed by atoms with Crippen LogP contribution in [-0.4, -0.2) is 18.7 Å². The van der Waals surface area contributed by atoms with E-state index >= 15 is 0 Å². The van der Waals surface area contributed by atoms with Crippen LogP contribution in [0.5, 0.6) is 5.75 Å². The predicted octanol–water partition coefficient (Wildman–Crippen LogP) is 2.28. The first-order chi connectivity index (χ1) is 6.65. The van der Waals surface area contributed by atoms with Gasteiger partial charge in [-0.2, -0.15) is 0 Å². The van der Waals surface area contributed by atoms with Crippen LogP contribution >= 0.6 is 0 Å². The monoisotopic (exact) mass is 193 g/mol. The average molecular weight is 193 g/mol. The van der Waals surface area contributed by atoms with Crippen molar-refractivity contribution in [3.05, 3.63) is 29.3 Å². The van der Waals surface area contributed by atoms with Gasteiger partial charge < -0.3 is 10.4 Å². The van der Waals surface area contributed by atoms with E-state index in [2.05, 4.69) is 25.2 Å². The van der Waals surface area contributed by atoms with Crippen LogP contribution in [0, 0.1) is 0 Å². The Morgan fingerprint density at radius 3 is 2.57 bits per heavy atom. The maximum atomic E-state index is 9.74. The molecule has 0 amide bonds. The van der Waals surface area contributed by atoms with Crippen LogP contribution in [0.25, 0.3) is 0 Å². The van der Waals surface area contributed by atoms with E-state index < -0.39 is 0 Å². The van der Waals surface area contributed by atoms with Gasteiger partial charge in [-0.15, -0.1) is 0 Å². The summed E-state index contributed by atoms with van der Waals surface area (Å²) in [5.74, 6) is 0.894. The number of phenols is 1. The lowest BCUT2D eigenvalue weighted by Gasteiger charge is -2.09. The van der Waals surface area contributed by atoms with Crippen molar-refractivity contribution in [1.29, 1.82) is 0 Å². The molecule has 2 heteroatoms. The second kappa shape index (κ2) is 5.01. The molecule has 0 radical (unpaired) electrons. The summed E-state index contributed by atoms with van der Waals surface area (Å²) in [7, 11) is 1.92. The highest BCUT2D eigenvalue weighted by Crippen LogP contribution is 2.23. The van der Waals surface area contributed by atoms with Gasteiger partial charge >= 0.3 is 0 Å². The SMILES string of the molecule is CNCCc1ccc(C(C)C)cc1O. The van der Waals surface area contributed by atoms with Crippen LogP contribution in [0.4, 0.5) is 0 Å². The summed E-state index contributed by atoms with van der Waals surface area (Å²) in [6.07, 6.45) is 0.876. The second-order valence-electron chi connectivity index (χ2n) is 3.90. The first kappa shape index (κ1) is 11.1. The van der Waals surface area contributed by atoms with Crippen molar-refractivity contribution >= 4 is 0 Å². The number of benzene rings is 1. The molecule has 1 rings (SSSR count). The van der Waals surface area contributed by atoms with Crippen LogP contribution in [0.3, 0.4) is 0 Å². The number of hydrogen-bond donors (Lipinski definition) is 2. The van der Waals surface area contributed by atoms with Crippen LogP contribution < -0.4 is 5.32 Å². The standard InChI is InChI=1S/C12H19NO/c1-9(2)11-5-4-10(6-7-13-3)12(14)8-11/h4-5,8-9,13-14H,6-7H2,1-3H3. The van der Waals surface area contributed by atoms with Crippen molar-refractivity contribution in [2.75, 3.05) is 13.6 Å². The Hall–Kier alpha value is -1.02. The molecule has 0 spiro atoms. The molecule has 0 fully saturated rings. The molecule has 0 bridgehead atoms. The number of rotatable bonds is 4. The summed E-state index contributed by atoms with van der Waals surface area (Å²) in [5, 5.41) is 12.8. The smallest absolute Gasteiger partial charge is 0.119 e. The number of phenolic OH excluding ortho intramolecular Hbond substituents is 1. The van der Waals surface area contributed by atoms with Gasteiger partial charge in [-0.3, -0.25) is 0 Å². The zero-order chi connectivity index (χ0) is 10.6. The van der Waals surface area contributed by atoms with Crippen molar-refractivity contribution in [2.24, 2.45) is 0 Å². The van der Waals surface area contributed by atoms with E-state index in [-0.39, 0.29) is 0 Å². The fraction of sp³-hybridized carbons (Fsp3) is 0.500. The van der Waals surface area contributed by atoms with E-state index in [1.807, 2.05) is 19.2 Å². The zero-order valence-corrected chi connectivity index (χ0v) is 9.17. The third-order valence-electron chi connectivity index (χ3n) is 2.42. The fourth-order valence-corrected chi connectivity index (χ4v) is 1.41. The first-order valence-electron chi connectivity index (χ1n) is 5.11. The number of hydrogen-bond acceptors (Lipinski definition) is 2. The number of likely N-dealkylation sites (N-methyl/N-ethyl adjacent to an activating group) is 1. The molecule has 2 N–H and O–H groups in total. The molecule has 0 atom stereocenters. The van der Waals surface area contributed by atoms with Crippen LogP contribution in [0.1, 0.15) is 30.9 Å². The molecule has 0 saturated heterocycles. The van der Waals surface area contributed by atoms with Gasteiger partial charge in [0, 0.05) is 0 Å². The predicted molar refractivity (Wildman–Crippen MR) is 59.8 cm³/mol. The van der Waals surface area contributed by atoms with Crippen LogP contribution in [-0.2, 0) is 6.42 Å². The van der Waals surface area contributed by atoms with E-state index in [0.717, 1.165) is 18.5 Å². The normalized spacial score (nSPS) is 10.9. The molecular weight excluding hydrogens is 174 g/mol. The van der Waals surface area contributed by atoms with Gasteiger partial charge in [0.1, 0.15) is 5.75 Å². The molecular formula is C12H19NO. The molecule has 0 saturated carbocycles. The molecule has 2 nitrogen and oxygen atoms in total. The Morgan fingerprint density at radius 1 is 1.36 bits per heavy atom. The second-order valence-corrected chi connectivity index (χ2v) is 3.90. The molecule has 0 aliphatic rings. The molecule has 1 aromatic rings. The summed E-state index contributed by atoms with van der Waals surface area (Å²) in [6, 6.07) is 5.98. The number of nitrogens with one attached hydrogen (secondary N) is 1. The maximum Gasteiger partial charge on any atom is 0.119 e. The maximum absolute atomic E-state index is 9.74. The Bertz CT molecular complexity index is 294. The van der Waals surface area contributed by atoms with Crippen molar-refractivity contribution < 1.29 is 5.11 Å². The third-order valence-corrected chi connectivity index (χ3v) is 2.42. The summed E-state index contributed by atoms with van der Waals surface area (Å²) in [6.45, 7) is 5.15. The Labute approximate surface area is 86.0 Å². The first-order valence-corrected chi connectivity index (χ1v) is 5.11. The van der Waals surface area contributed by atoms with Gasteiger partial charge in [-0.25, -0.2) is 0 Å². The Kier molecular flexibility index (Phi) is 3.96. The largest absolute Gasteiger partial charge is 0.508 e. The molecule has 0 aliphatic carbocycles. The lowest BCUT2D eigenvalue weighted by Crippen LogP contribution is -2.10. The quantitative estimate of drug-likeness (QED) is 0.769. The van der Waals surface area contributed by atoms with Gasteiger partial charge in [0.2, 0.25) is 0 Å². The van der Waals surface area contributed by atoms with E-state index in [9.17, 15) is 5.11 Å². The van der Waals surface area contributed by atoms with Gasteiger partial charge in [-0.05, 0) is 43.1 Å². The van der Waals surface area contributed by atoms with E-state index in [0.29, 0.717) is 11.7 Å². The van der Waals surface area contributed by atoms with Gasteiger partial charge in [-0.1, -0.05) is 26.0 Å². The van der Waals surface area contributed by atoms with Gasteiger partial charge in [0.05, 0.1) is 0 Å². The Morgan fingerprint density at radius 2 is 2.07 bits per heavy atom. The third kappa shape index (κ3) is 2.74. The molecule has 14 heavy (non-hydrogen) atoms. The van der Waals surface area contributed by atoms with E-state index in [1.165, 1.54) is 5.56 Å². The van der Waals surface area contributed by atoms with Crippen LogP contribution in [0.15, 0.2) is 18.2 Å². The summed E-state index contributed by atoms with van der Waals surface area (Å²) in [4.78, 5) is 0. The highest BCUT2D eigenvalue weighted by atomic mass is 16.3. The van der Waals surface area contributed by atoms with Crippen LogP contribution in [0.2, 0.25) is 0 Å². The minimum absolute atomic E-state index is 0.423. The average Bonchev–Trinajstić information content (AvgIpc) is 2.15. The highest BCUT2D eigenvalue weighted by molar-refractivity contribution is 5.37. The minimum atomic E-state index is 0.423. The van der Waals surface area contributed by atoms with Crippen molar-refractivity contribution in [3.63, 3.8) is 0 Å². The highest BCUT2D eigenvalue weighted by Gasteiger charge is 2.04. The topological polar surface area (TPSA) is 32.3 Å². The molecule has 1 aromatic carbocycles. The lowest BCUT2D eigenvalue weighted by molar-refractivity contribution is 0.466. The van der Waals surface area contributed by atoms with Crippen molar-refractivity contribution in [2.45, 2.75) is 26.2 Å². The van der Waals surface area contributed by atoms with Gasteiger partial charge in [0.25, 0.3) is 0 Å². The Balaban J connectivity index is 2.79. The van der Waals surface area contributed by atoms with Crippen molar-refractivity contribution in [1.82, 2.24) is 5.32 Å². The summed E-state index contributed by atoms with van der Waals surface area (Å²) >= 11 is 0.